The van der Waals surface area contributed by atoms with E-state index in [0.717, 1.165) is 34.2 Å². The van der Waals surface area contributed by atoms with Crippen LogP contribution in [-0.2, 0) is 13.0 Å². The van der Waals surface area contributed by atoms with Gasteiger partial charge in [0.15, 0.2) is 0 Å². The number of amides is 1. The molecule has 0 atom stereocenters. The normalized spacial score (nSPS) is 11.3. The Labute approximate surface area is 196 Å². The second-order valence-electron chi connectivity index (χ2n) is 8.50. The monoisotopic (exact) mass is 451 g/mol. The highest BCUT2D eigenvalue weighted by Gasteiger charge is 2.20. The van der Waals surface area contributed by atoms with Gasteiger partial charge in [-0.05, 0) is 55.2 Å². The summed E-state index contributed by atoms with van der Waals surface area (Å²) in [5, 5.41) is 7.31. The van der Waals surface area contributed by atoms with Gasteiger partial charge in [0.05, 0.1) is 17.6 Å². The van der Waals surface area contributed by atoms with E-state index < -0.39 is 5.91 Å². The van der Waals surface area contributed by atoms with Crippen LogP contribution in [-0.4, -0.2) is 25.1 Å². The predicted octanol–water partition coefficient (Wildman–Crippen LogP) is 4.52. The molecule has 0 aliphatic carbocycles. The minimum absolute atomic E-state index is 0.0435. The van der Waals surface area contributed by atoms with Crippen LogP contribution in [0.2, 0.25) is 0 Å². The first-order chi connectivity index (χ1) is 16.4. The van der Waals surface area contributed by atoms with Gasteiger partial charge in [-0.1, -0.05) is 61.0 Å². The first-order valence-electron chi connectivity index (χ1n) is 11.3. The van der Waals surface area contributed by atoms with E-state index in [0.29, 0.717) is 17.7 Å². The molecule has 1 amide bonds. The van der Waals surface area contributed by atoms with Crippen LogP contribution < -0.4 is 10.9 Å². The van der Waals surface area contributed by atoms with Crippen molar-refractivity contribution in [3.05, 3.63) is 105 Å². The number of hydrogen-bond donors (Lipinski definition) is 1. The van der Waals surface area contributed by atoms with Crippen molar-refractivity contribution in [3.8, 4) is 0 Å². The Bertz CT molecular complexity index is 1600. The number of nitrogens with one attached hydrogen (secondary N) is 1. The molecule has 7 nitrogen and oxygen atoms in total. The van der Waals surface area contributed by atoms with E-state index in [1.165, 1.54) is 4.52 Å². The first-order valence-corrected chi connectivity index (χ1v) is 11.3. The van der Waals surface area contributed by atoms with Gasteiger partial charge in [0.2, 0.25) is 11.5 Å². The lowest BCUT2D eigenvalue weighted by Gasteiger charge is -2.12. The number of carbonyl (C=O) groups is 1. The molecule has 170 valence electrons. The molecule has 0 spiro atoms. The van der Waals surface area contributed by atoms with Crippen LogP contribution in [0.3, 0.4) is 0 Å². The number of para-hydroxylation sites is 1. The predicted molar refractivity (Wildman–Crippen MR) is 134 cm³/mol. The molecule has 2 heterocycles. The van der Waals surface area contributed by atoms with E-state index in [1.54, 1.807) is 4.57 Å². The zero-order valence-electron chi connectivity index (χ0n) is 19.4. The van der Waals surface area contributed by atoms with Crippen molar-refractivity contribution in [2.45, 2.75) is 33.7 Å². The SMILES string of the molecule is CCc1ccccc1NC(=O)c1nc2c(=O)n(Cc3ccc(C)cc3)c3cc(C)ccc3n2n1. The van der Waals surface area contributed by atoms with Gasteiger partial charge in [0.25, 0.3) is 11.5 Å². The number of hydrogen-bond acceptors (Lipinski definition) is 4. The lowest BCUT2D eigenvalue weighted by Crippen LogP contribution is -2.24. The highest BCUT2D eigenvalue weighted by molar-refractivity contribution is 6.02. The molecular weight excluding hydrogens is 426 g/mol. The number of aryl methyl sites for hydroxylation is 3. The third-order valence-corrected chi connectivity index (χ3v) is 6.00. The third kappa shape index (κ3) is 3.85. The second-order valence-corrected chi connectivity index (χ2v) is 8.50. The first kappa shape index (κ1) is 21.6. The van der Waals surface area contributed by atoms with Crippen molar-refractivity contribution in [2.24, 2.45) is 0 Å². The van der Waals surface area contributed by atoms with Crippen molar-refractivity contribution in [2.75, 3.05) is 5.32 Å². The van der Waals surface area contributed by atoms with Crippen LogP contribution in [0.5, 0.6) is 0 Å². The van der Waals surface area contributed by atoms with Crippen LogP contribution in [0.4, 0.5) is 5.69 Å². The fourth-order valence-electron chi connectivity index (χ4n) is 4.14. The lowest BCUT2D eigenvalue weighted by molar-refractivity contribution is 0.101. The van der Waals surface area contributed by atoms with Gasteiger partial charge < -0.3 is 5.32 Å². The second kappa shape index (κ2) is 8.59. The number of anilines is 1. The molecule has 0 saturated heterocycles. The summed E-state index contributed by atoms with van der Waals surface area (Å²) in [5.41, 5.74) is 6.21. The van der Waals surface area contributed by atoms with Gasteiger partial charge in [0, 0.05) is 5.69 Å². The molecule has 5 aromatic rings. The van der Waals surface area contributed by atoms with E-state index >= 15 is 0 Å². The molecule has 2 aromatic heterocycles. The highest BCUT2D eigenvalue weighted by atomic mass is 16.2. The average molecular weight is 452 g/mol. The van der Waals surface area contributed by atoms with Gasteiger partial charge in [-0.15, -0.1) is 5.10 Å². The molecule has 0 aliphatic rings. The molecule has 0 saturated carbocycles. The Morgan fingerprint density at radius 3 is 2.44 bits per heavy atom. The summed E-state index contributed by atoms with van der Waals surface area (Å²) < 4.78 is 3.18. The van der Waals surface area contributed by atoms with Gasteiger partial charge in [-0.3, -0.25) is 14.2 Å². The molecule has 0 radical (unpaired) electrons. The third-order valence-electron chi connectivity index (χ3n) is 6.00. The Balaban J connectivity index is 1.63. The van der Waals surface area contributed by atoms with Gasteiger partial charge in [0.1, 0.15) is 0 Å². The number of fused-ring (bicyclic) bond motifs is 3. The van der Waals surface area contributed by atoms with Crippen LogP contribution in [0.15, 0.2) is 71.5 Å². The molecule has 0 unspecified atom stereocenters. The lowest BCUT2D eigenvalue weighted by atomic mass is 10.1. The van der Waals surface area contributed by atoms with E-state index in [2.05, 4.69) is 15.4 Å². The van der Waals surface area contributed by atoms with E-state index in [1.807, 2.05) is 87.5 Å². The zero-order valence-corrected chi connectivity index (χ0v) is 19.4. The zero-order chi connectivity index (χ0) is 23.8. The number of rotatable bonds is 5. The van der Waals surface area contributed by atoms with Gasteiger partial charge in [-0.25, -0.2) is 4.52 Å². The molecule has 0 bridgehead atoms. The summed E-state index contributed by atoms with van der Waals surface area (Å²) in [5.74, 6) is -0.493. The van der Waals surface area contributed by atoms with Crippen molar-refractivity contribution in [1.82, 2.24) is 19.2 Å². The molecule has 34 heavy (non-hydrogen) atoms. The standard InChI is InChI=1S/C27H25N5O2/c1-4-20-7-5-6-8-21(20)28-26(33)24-29-25-27(34)31(16-19-12-9-17(2)10-13-19)23-15-18(3)11-14-22(23)32(25)30-24/h5-15H,4,16H2,1-3H3,(H,28,33). The Morgan fingerprint density at radius 1 is 0.941 bits per heavy atom. The topological polar surface area (TPSA) is 81.3 Å². The van der Waals surface area contributed by atoms with Crippen LogP contribution in [0.1, 0.15) is 39.8 Å². The number of aromatic nitrogens is 4. The molecular formula is C27H25N5O2. The largest absolute Gasteiger partial charge is 0.319 e. The smallest absolute Gasteiger partial charge is 0.296 e. The van der Waals surface area contributed by atoms with Crippen LogP contribution >= 0.6 is 0 Å². The maximum Gasteiger partial charge on any atom is 0.296 e. The average Bonchev–Trinajstić information content (AvgIpc) is 3.29. The molecule has 1 N–H and O–H groups in total. The van der Waals surface area contributed by atoms with Gasteiger partial charge in [-0.2, -0.15) is 4.98 Å². The minimum Gasteiger partial charge on any atom is -0.319 e. The van der Waals surface area contributed by atoms with Crippen LogP contribution in [0, 0.1) is 13.8 Å². The maximum atomic E-state index is 13.5. The molecule has 3 aromatic carbocycles. The summed E-state index contributed by atoms with van der Waals surface area (Å²) in [6.07, 6.45) is 0.781. The summed E-state index contributed by atoms with van der Waals surface area (Å²) in [6.45, 7) is 6.44. The summed E-state index contributed by atoms with van der Waals surface area (Å²) in [4.78, 5) is 30.9. The fraction of sp³-hybridized carbons (Fsp3) is 0.185. The summed E-state index contributed by atoms with van der Waals surface area (Å²) in [7, 11) is 0. The van der Waals surface area contributed by atoms with E-state index in [9.17, 15) is 9.59 Å². The summed E-state index contributed by atoms with van der Waals surface area (Å²) >= 11 is 0. The van der Waals surface area contributed by atoms with Crippen molar-refractivity contribution >= 4 is 28.3 Å². The molecule has 5 rings (SSSR count). The maximum absolute atomic E-state index is 13.5. The summed E-state index contributed by atoms with van der Waals surface area (Å²) in [6, 6.07) is 21.5. The Hall–Kier alpha value is -4.26. The fourth-order valence-corrected chi connectivity index (χ4v) is 4.14. The van der Waals surface area contributed by atoms with Gasteiger partial charge >= 0.3 is 0 Å². The van der Waals surface area contributed by atoms with E-state index in [-0.39, 0.29) is 17.0 Å². The minimum atomic E-state index is -0.450. The molecule has 0 aliphatic heterocycles. The number of carbonyl (C=O) groups excluding carboxylic acids is 1. The Morgan fingerprint density at radius 2 is 1.68 bits per heavy atom. The number of benzene rings is 3. The highest BCUT2D eigenvalue weighted by Crippen LogP contribution is 2.19. The molecule has 0 fully saturated rings. The van der Waals surface area contributed by atoms with Crippen molar-refractivity contribution in [3.63, 3.8) is 0 Å². The molecule has 7 heteroatoms. The number of nitrogens with zero attached hydrogens (tertiary/aromatic N) is 4. The Kier molecular flexibility index (Phi) is 5.45. The van der Waals surface area contributed by atoms with Crippen molar-refractivity contribution < 1.29 is 4.79 Å². The quantitative estimate of drug-likeness (QED) is 0.426. The van der Waals surface area contributed by atoms with Crippen molar-refractivity contribution in [1.29, 1.82) is 0 Å². The van der Waals surface area contributed by atoms with Crippen LogP contribution in [0.25, 0.3) is 16.7 Å². The van der Waals surface area contributed by atoms with E-state index in [4.69, 9.17) is 0 Å².